The molecule has 1 N–H and O–H groups in total. The number of hydrogen-bond acceptors (Lipinski definition) is 5. The molecule has 2 saturated carbocycles. The minimum atomic E-state index is 0.561. The van der Waals surface area contributed by atoms with Crippen molar-refractivity contribution in [3.63, 3.8) is 0 Å². The van der Waals surface area contributed by atoms with Crippen LogP contribution in [0.4, 0.5) is 0 Å². The van der Waals surface area contributed by atoms with Crippen molar-refractivity contribution in [2.24, 2.45) is 0 Å². The second-order valence-corrected chi connectivity index (χ2v) is 12.2. The van der Waals surface area contributed by atoms with E-state index in [0.717, 1.165) is 56.0 Å². The van der Waals surface area contributed by atoms with Crippen LogP contribution in [0.15, 0.2) is 30.3 Å². The van der Waals surface area contributed by atoms with Crippen LogP contribution >= 0.6 is 0 Å². The van der Waals surface area contributed by atoms with Gasteiger partial charge in [-0.05, 0) is 84.9 Å². The summed E-state index contributed by atoms with van der Waals surface area (Å²) in [5.74, 6) is 3.93. The molecule has 0 radical (unpaired) electrons. The third kappa shape index (κ3) is 6.16. The summed E-state index contributed by atoms with van der Waals surface area (Å²) in [6, 6.07) is 11.6. The topological polar surface area (TPSA) is 90.1 Å². The number of tetrazole rings is 1. The predicted molar refractivity (Wildman–Crippen MR) is 162 cm³/mol. The van der Waals surface area contributed by atoms with Gasteiger partial charge in [0.25, 0.3) is 0 Å². The van der Waals surface area contributed by atoms with Crippen molar-refractivity contribution in [2.45, 2.75) is 129 Å². The van der Waals surface area contributed by atoms with Crippen LogP contribution in [0.25, 0.3) is 17.2 Å². The quantitative estimate of drug-likeness (QED) is 0.205. The molecular weight excluding hydrogens is 508 g/mol. The van der Waals surface area contributed by atoms with Crippen molar-refractivity contribution >= 4 is 0 Å². The van der Waals surface area contributed by atoms with Crippen molar-refractivity contribution in [1.29, 1.82) is 0 Å². The molecule has 8 nitrogen and oxygen atoms in total. The Balaban J connectivity index is 1.37. The van der Waals surface area contributed by atoms with Crippen LogP contribution < -0.4 is 0 Å². The molecule has 2 aliphatic rings. The van der Waals surface area contributed by atoms with Gasteiger partial charge in [-0.2, -0.15) is 10.3 Å². The van der Waals surface area contributed by atoms with E-state index in [9.17, 15) is 0 Å². The van der Waals surface area contributed by atoms with Gasteiger partial charge in [0.15, 0.2) is 5.82 Å². The molecule has 0 bridgehead atoms. The molecule has 8 heteroatoms. The number of aromatic amines is 1. The SMILES string of the molecule is CCCCc1nc(CCC)nn1Cc1ccc(-n2c(C3CCCCC3)cc(C3CCCCC3)c2-c2nn[nH]n2)cc1. The summed E-state index contributed by atoms with van der Waals surface area (Å²) in [4.78, 5) is 4.87. The summed E-state index contributed by atoms with van der Waals surface area (Å²) in [7, 11) is 0. The van der Waals surface area contributed by atoms with Gasteiger partial charge in [-0.3, -0.25) is 0 Å². The van der Waals surface area contributed by atoms with Gasteiger partial charge in [-0.15, -0.1) is 10.2 Å². The Labute approximate surface area is 244 Å². The smallest absolute Gasteiger partial charge is 0.221 e. The normalized spacial score (nSPS) is 16.9. The second-order valence-electron chi connectivity index (χ2n) is 12.2. The zero-order valence-corrected chi connectivity index (χ0v) is 25.0. The van der Waals surface area contributed by atoms with Gasteiger partial charge in [0.2, 0.25) is 5.82 Å². The first-order valence-corrected chi connectivity index (χ1v) is 16.3. The summed E-state index contributed by atoms with van der Waals surface area (Å²) in [5, 5.41) is 20.6. The van der Waals surface area contributed by atoms with Gasteiger partial charge in [-0.25, -0.2) is 9.67 Å². The van der Waals surface area contributed by atoms with Crippen LogP contribution in [-0.4, -0.2) is 40.0 Å². The number of H-pyrrole nitrogens is 1. The standard InChI is InChI=1S/C33H46N8/c1-3-5-17-31-34-30(12-4-2)37-40(31)23-24-18-20-27(21-19-24)41-29(26-15-10-7-11-16-26)22-28(25-13-8-6-9-14-25)32(41)33-35-38-39-36-33/h18-22,25-26H,3-17,23H2,1-2H3,(H,35,36,38,39). The minimum Gasteiger partial charge on any atom is -0.310 e. The van der Waals surface area contributed by atoms with Crippen LogP contribution in [0.2, 0.25) is 0 Å². The van der Waals surface area contributed by atoms with E-state index in [1.807, 2.05) is 0 Å². The molecule has 41 heavy (non-hydrogen) atoms. The van der Waals surface area contributed by atoms with Gasteiger partial charge in [-0.1, -0.05) is 70.9 Å². The lowest BCUT2D eigenvalue weighted by Gasteiger charge is -2.24. The third-order valence-corrected chi connectivity index (χ3v) is 9.23. The van der Waals surface area contributed by atoms with E-state index < -0.39 is 0 Å². The van der Waals surface area contributed by atoms with Crippen LogP contribution in [0, 0.1) is 0 Å². The molecule has 0 unspecified atom stereocenters. The van der Waals surface area contributed by atoms with Crippen molar-refractivity contribution in [3.05, 3.63) is 58.8 Å². The van der Waals surface area contributed by atoms with Crippen molar-refractivity contribution < 1.29 is 0 Å². The number of aryl methyl sites for hydroxylation is 2. The molecule has 2 fully saturated rings. The van der Waals surface area contributed by atoms with Gasteiger partial charge in [0.1, 0.15) is 5.82 Å². The molecule has 3 heterocycles. The predicted octanol–water partition coefficient (Wildman–Crippen LogP) is 7.69. The Morgan fingerprint density at radius 3 is 2.24 bits per heavy atom. The van der Waals surface area contributed by atoms with E-state index in [2.05, 4.69) is 74.1 Å². The number of rotatable bonds is 11. The number of unbranched alkanes of at least 4 members (excludes halogenated alkanes) is 1. The summed E-state index contributed by atoms with van der Waals surface area (Å²) in [6.07, 6.45) is 18.2. The zero-order valence-electron chi connectivity index (χ0n) is 25.0. The van der Waals surface area contributed by atoms with E-state index in [0.29, 0.717) is 17.7 Å². The summed E-state index contributed by atoms with van der Waals surface area (Å²) in [5.41, 5.74) is 6.43. The highest BCUT2D eigenvalue weighted by atomic mass is 15.5. The lowest BCUT2D eigenvalue weighted by Crippen LogP contribution is -2.12. The number of benzene rings is 1. The van der Waals surface area contributed by atoms with E-state index in [4.69, 9.17) is 10.1 Å². The molecule has 6 rings (SSSR count). The molecule has 0 amide bonds. The fourth-order valence-electron chi connectivity index (χ4n) is 7.07. The fourth-order valence-corrected chi connectivity index (χ4v) is 7.07. The Hall–Kier alpha value is -3.29. The maximum absolute atomic E-state index is 4.88. The highest BCUT2D eigenvalue weighted by molar-refractivity contribution is 5.63. The lowest BCUT2D eigenvalue weighted by molar-refractivity contribution is 0.432. The summed E-state index contributed by atoms with van der Waals surface area (Å²) >= 11 is 0. The Morgan fingerprint density at radius 1 is 0.854 bits per heavy atom. The number of hydrogen-bond donors (Lipinski definition) is 1. The van der Waals surface area contributed by atoms with Crippen molar-refractivity contribution in [2.75, 3.05) is 0 Å². The molecule has 218 valence electrons. The minimum absolute atomic E-state index is 0.561. The summed E-state index contributed by atoms with van der Waals surface area (Å²) < 4.78 is 4.61. The fraction of sp³-hybridized carbons (Fsp3) is 0.606. The van der Waals surface area contributed by atoms with Crippen LogP contribution in [0.1, 0.15) is 138 Å². The molecule has 4 aromatic rings. The highest BCUT2D eigenvalue weighted by Crippen LogP contribution is 2.44. The maximum atomic E-state index is 4.88. The number of nitrogens with zero attached hydrogens (tertiary/aromatic N) is 7. The van der Waals surface area contributed by atoms with E-state index in [1.54, 1.807) is 0 Å². The number of nitrogens with one attached hydrogen (secondary N) is 1. The highest BCUT2D eigenvalue weighted by Gasteiger charge is 2.30. The molecule has 3 aromatic heterocycles. The van der Waals surface area contributed by atoms with Gasteiger partial charge < -0.3 is 4.57 Å². The van der Waals surface area contributed by atoms with Crippen LogP contribution in [-0.2, 0) is 19.4 Å². The Morgan fingerprint density at radius 2 is 1.59 bits per heavy atom. The first-order chi connectivity index (χ1) is 20.2. The Kier molecular flexibility index (Phi) is 8.92. The Bertz CT molecular complexity index is 1370. The van der Waals surface area contributed by atoms with Gasteiger partial charge in [0.05, 0.1) is 12.2 Å². The monoisotopic (exact) mass is 554 g/mol. The van der Waals surface area contributed by atoms with Crippen LogP contribution in [0.5, 0.6) is 0 Å². The van der Waals surface area contributed by atoms with Crippen LogP contribution in [0.3, 0.4) is 0 Å². The van der Waals surface area contributed by atoms with Gasteiger partial charge in [0, 0.05) is 24.2 Å². The molecule has 0 atom stereocenters. The molecule has 2 aliphatic carbocycles. The van der Waals surface area contributed by atoms with Crippen molar-refractivity contribution in [1.82, 2.24) is 40.0 Å². The summed E-state index contributed by atoms with van der Waals surface area (Å²) in [6.45, 7) is 5.18. The zero-order chi connectivity index (χ0) is 28.0. The van der Waals surface area contributed by atoms with E-state index >= 15 is 0 Å². The molecule has 0 saturated heterocycles. The molecule has 1 aromatic carbocycles. The average Bonchev–Trinajstić information content (AvgIpc) is 3.77. The molecule has 0 spiro atoms. The van der Waals surface area contributed by atoms with Gasteiger partial charge >= 0.3 is 0 Å². The molecular formula is C33H46N8. The first kappa shape index (κ1) is 27.9. The van der Waals surface area contributed by atoms with Crippen molar-refractivity contribution in [3.8, 4) is 17.2 Å². The molecule has 0 aliphatic heterocycles. The average molecular weight is 555 g/mol. The van der Waals surface area contributed by atoms with E-state index in [-0.39, 0.29) is 0 Å². The second kappa shape index (κ2) is 13.1. The van der Waals surface area contributed by atoms with E-state index in [1.165, 1.54) is 86.7 Å². The third-order valence-electron chi connectivity index (χ3n) is 9.23. The number of aromatic nitrogens is 8. The first-order valence-electron chi connectivity index (χ1n) is 16.3. The largest absolute Gasteiger partial charge is 0.310 e. The maximum Gasteiger partial charge on any atom is 0.221 e. The lowest BCUT2D eigenvalue weighted by atomic mass is 9.82.